The number of halogens is 2. The number of rotatable bonds is 12. The molecule has 4 aromatic carbocycles. The Labute approximate surface area is 347 Å². The summed E-state index contributed by atoms with van der Waals surface area (Å²) in [7, 11) is 10.3. The Balaban J connectivity index is 1.11. The van der Waals surface area contributed by atoms with Gasteiger partial charge in [-0.1, -0.05) is 105 Å². The van der Waals surface area contributed by atoms with Crippen LogP contribution in [0.2, 0.25) is 0 Å². The van der Waals surface area contributed by atoms with Crippen LogP contribution in [0.25, 0.3) is 0 Å². The highest BCUT2D eigenvalue weighted by Gasteiger charge is 2.40. The van der Waals surface area contributed by atoms with Crippen molar-refractivity contribution in [3.63, 3.8) is 0 Å². The molecular weight excluding hydrogens is 832 g/mol. The first-order chi connectivity index (χ1) is 27.0. The van der Waals surface area contributed by atoms with E-state index in [0.717, 1.165) is 42.3 Å². The minimum Gasteiger partial charge on any atom is -0.365 e. The van der Waals surface area contributed by atoms with Crippen LogP contribution in [0.4, 0.5) is 0 Å². The Kier molecular flexibility index (Phi) is 11.3. The van der Waals surface area contributed by atoms with Crippen molar-refractivity contribution in [1.82, 2.24) is 0 Å². The fourth-order valence-corrected chi connectivity index (χ4v) is 8.43. The molecule has 8 heteroatoms. The Morgan fingerprint density at radius 1 is 0.250 bits per heavy atom. The lowest BCUT2D eigenvalue weighted by molar-refractivity contribution is 0.0400. The average Bonchev–Trinajstić information content (AvgIpc) is 3.27. The van der Waals surface area contributed by atoms with Gasteiger partial charge in [0.15, 0.2) is 0 Å². The summed E-state index contributed by atoms with van der Waals surface area (Å²) in [5.41, 5.74) is 1.46. The molecule has 0 saturated heterocycles. The largest absolute Gasteiger partial charge is 0.365 e. The molecule has 0 spiro atoms. The zero-order chi connectivity index (χ0) is 39.7. The summed E-state index contributed by atoms with van der Waals surface area (Å²) >= 11 is 7.06. The van der Waals surface area contributed by atoms with Crippen LogP contribution >= 0.6 is 31.9 Å². The molecule has 3 aliphatic carbocycles. The third-order valence-electron chi connectivity index (χ3n) is 11.7. The van der Waals surface area contributed by atoms with Crippen molar-refractivity contribution in [2.45, 2.75) is 33.6 Å². The third-order valence-corrected chi connectivity index (χ3v) is 12.7. The van der Waals surface area contributed by atoms with Crippen LogP contribution in [-0.2, 0) is 62.0 Å². The van der Waals surface area contributed by atoms with Gasteiger partial charge in [-0.3, -0.25) is 0 Å². The summed E-state index contributed by atoms with van der Waals surface area (Å²) in [6.45, 7) is 0. The van der Waals surface area contributed by atoms with Crippen LogP contribution in [0.5, 0.6) is 0 Å². The molecule has 3 aliphatic rings. The summed E-state index contributed by atoms with van der Waals surface area (Å²) in [5.74, 6) is 0. The monoisotopic (exact) mass is 876 g/mol. The summed E-state index contributed by atoms with van der Waals surface area (Å²) in [5, 5.41) is 0. The number of methoxy groups -OCH3 is 6. The molecule has 0 heterocycles. The highest BCUT2D eigenvalue weighted by atomic mass is 79.9. The summed E-state index contributed by atoms with van der Waals surface area (Å²) in [6, 6.07) is 33.0. The van der Waals surface area contributed by atoms with Gasteiger partial charge in [-0.2, -0.15) is 0 Å². The predicted molar refractivity (Wildman–Crippen MR) is 228 cm³/mol. The molecule has 6 nitrogen and oxygen atoms in total. The van der Waals surface area contributed by atoms with Gasteiger partial charge in [-0.25, -0.2) is 0 Å². The summed E-state index contributed by atoms with van der Waals surface area (Å²) < 4.78 is 38.8. The molecule has 0 bridgehead atoms. The van der Waals surface area contributed by atoms with Crippen molar-refractivity contribution < 1.29 is 28.4 Å². The molecule has 0 atom stereocenters. The first-order valence-corrected chi connectivity index (χ1v) is 19.9. The quantitative estimate of drug-likeness (QED) is 0.132. The van der Waals surface area contributed by atoms with Crippen LogP contribution < -0.4 is 0 Å². The molecule has 0 fully saturated rings. The van der Waals surface area contributed by atoms with E-state index >= 15 is 0 Å². The Hall–Kier alpha value is -3.96. The van der Waals surface area contributed by atoms with E-state index in [1.807, 2.05) is 24.3 Å². The van der Waals surface area contributed by atoms with Gasteiger partial charge >= 0.3 is 0 Å². The zero-order valence-electron chi connectivity index (χ0n) is 32.4. The van der Waals surface area contributed by atoms with Gasteiger partial charge in [0.05, 0.1) is 0 Å². The van der Waals surface area contributed by atoms with E-state index in [0.29, 0.717) is 0 Å². The van der Waals surface area contributed by atoms with E-state index in [-0.39, 0.29) is 0 Å². The summed E-state index contributed by atoms with van der Waals surface area (Å²) in [4.78, 5) is 0. The summed E-state index contributed by atoms with van der Waals surface area (Å²) in [6.07, 6.45) is 24.7. The third kappa shape index (κ3) is 6.90. The normalized spacial score (nSPS) is 30.6. The van der Waals surface area contributed by atoms with Crippen LogP contribution in [0.15, 0.2) is 179 Å². The maximum Gasteiger partial charge on any atom is 0.129 e. The first-order valence-electron chi connectivity index (χ1n) is 18.3. The van der Waals surface area contributed by atoms with E-state index in [2.05, 4.69) is 178 Å². The van der Waals surface area contributed by atoms with E-state index in [4.69, 9.17) is 28.4 Å². The lowest BCUT2D eigenvalue weighted by Gasteiger charge is -2.38. The maximum absolute atomic E-state index is 6.21. The van der Waals surface area contributed by atoms with Crippen molar-refractivity contribution >= 4 is 31.9 Å². The molecule has 288 valence electrons. The molecule has 4 aromatic rings. The molecule has 56 heavy (non-hydrogen) atoms. The molecule has 0 radical (unpaired) electrons. The van der Waals surface area contributed by atoms with Crippen LogP contribution in [-0.4, -0.2) is 42.7 Å². The van der Waals surface area contributed by atoms with E-state index in [9.17, 15) is 0 Å². The minimum atomic E-state index is -0.799. The standard InChI is InChI=1S/C48H46Br2O6/c1-51-43(35-7-11-37(12-8-35)45(53-3)27-31-47(55-5,32-28-45)39-15-19-41(49)20-16-39)23-25-44(52-2,26-24-43)36-9-13-38(14-10-36)46(54-4)29-33-48(56-6,34-30-46)40-17-21-42(50)22-18-40/h7-34H,1-6H3. The Bertz CT molecular complexity index is 2000. The maximum atomic E-state index is 6.21. The predicted octanol–water partition coefficient (Wildman–Crippen LogP) is 10.7. The molecule has 0 amide bonds. The number of hydrogen-bond acceptors (Lipinski definition) is 6. The second-order valence-corrected chi connectivity index (χ2v) is 16.0. The Morgan fingerprint density at radius 2 is 0.375 bits per heavy atom. The topological polar surface area (TPSA) is 55.4 Å². The van der Waals surface area contributed by atoms with Gasteiger partial charge in [0, 0.05) is 51.6 Å². The zero-order valence-corrected chi connectivity index (χ0v) is 35.5. The molecule has 0 aliphatic heterocycles. The molecule has 0 aromatic heterocycles. The van der Waals surface area contributed by atoms with E-state index in [1.165, 1.54) is 0 Å². The SMILES string of the molecule is COC1(c2ccc(Br)cc2)C=CC(OC)(c2ccc(C3(OC)C=CC(OC)(c4ccc(C5(OC)C=CC(OC)(c6ccc(Br)cc6)C=C5)cc4)C=C3)cc2)C=C1. The van der Waals surface area contributed by atoms with Crippen molar-refractivity contribution in [2.24, 2.45) is 0 Å². The van der Waals surface area contributed by atoms with E-state index in [1.54, 1.807) is 42.7 Å². The number of ether oxygens (including phenoxy) is 6. The van der Waals surface area contributed by atoms with Gasteiger partial charge in [-0.05, 0) is 131 Å². The van der Waals surface area contributed by atoms with Crippen LogP contribution in [0.3, 0.4) is 0 Å². The highest BCUT2D eigenvalue weighted by molar-refractivity contribution is 9.10. The number of benzene rings is 4. The Morgan fingerprint density at radius 3 is 0.500 bits per heavy atom. The van der Waals surface area contributed by atoms with Crippen molar-refractivity contribution in [3.05, 3.63) is 212 Å². The minimum absolute atomic E-state index is 0.693. The lowest BCUT2D eigenvalue weighted by Crippen LogP contribution is -2.34. The molecule has 0 N–H and O–H groups in total. The molecule has 0 saturated carbocycles. The van der Waals surface area contributed by atoms with Crippen LogP contribution in [0.1, 0.15) is 33.4 Å². The second kappa shape index (κ2) is 15.8. The molecule has 7 rings (SSSR count). The molecule has 0 unspecified atom stereocenters. The van der Waals surface area contributed by atoms with Gasteiger partial charge < -0.3 is 28.4 Å². The first kappa shape index (κ1) is 40.2. The van der Waals surface area contributed by atoms with Crippen LogP contribution in [0, 0.1) is 0 Å². The van der Waals surface area contributed by atoms with Crippen molar-refractivity contribution in [2.75, 3.05) is 42.7 Å². The van der Waals surface area contributed by atoms with Gasteiger partial charge in [-0.15, -0.1) is 0 Å². The van der Waals surface area contributed by atoms with E-state index < -0.39 is 33.6 Å². The van der Waals surface area contributed by atoms with Gasteiger partial charge in [0.2, 0.25) is 0 Å². The molecular formula is C48H46Br2O6. The smallest absolute Gasteiger partial charge is 0.129 e. The fraction of sp³-hybridized carbons (Fsp3) is 0.250. The van der Waals surface area contributed by atoms with Crippen molar-refractivity contribution in [1.29, 1.82) is 0 Å². The fourth-order valence-electron chi connectivity index (χ4n) is 7.90. The lowest BCUT2D eigenvalue weighted by atomic mass is 9.78. The van der Waals surface area contributed by atoms with Crippen molar-refractivity contribution in [3.8, 4) is 0 Å². The number of hydrogen-bond donors (Lipinski definition) is 0. The van der Waals surface area contributed by atoms with Gasteiger partial charge in [0.25, 0.3) is 0 Å². The average molecular weight is 879 g/mol. The highest BCUT2D eigenvalue weighted by Crippen LogP contribution is 2.44. The van der Waals surface area contributed by atoms with Gasteiger partial charge in [0.1, 0.15) is 33.6 Å². The second-order valence-electron chi connectivity index (χ2n) is 14.2.